The summed E-state index contributed by atoms with van der Waals surface area (Å²) in [5, 5.41) is 9.47. The molecule has 0 unspecified atom stereocenters. The molecule has 0 saturated carbocycles. The summed E-state index contributed by atoms with van der Waals surface area (Å²) in [6.07, 6.45) is 0.634. The molecule has 0 fully saturated rings. The Bertz CT molecular complexity index is 1080. The maximum atomic E-state index is 12.8. The number of fused-ring (bicyclic) bond motifs is 1. The van der Waals surface area contributed by atoms with Crippen LogP contribution < -0.4 is 15.7 Å². The van der Waals surface area contributed by atoms with Gasteiger partial charge >= 0.3 is 0 Å². The number of carbonyl (C=O) groups is 1. The number of aromatic nitrogens is 2. The van der Waals surface area contributed by atoms with Gasteiger partial charge in [-0.2, -0.15) is 10.2 Å². The highest BCUT2D eigenvalue weighted by molar-refractivity contribution is 6.06. The first-order chi connectivity index (χ1) is 13.6. The number of hydrogen-bond acceptors (Lipinski definition) is 5. The van der Waals surface area contributed by atoms with Crippen molar-refractivity contribution in [3.63, 3.8) is 0 Å². The number of nitrogens with zero attached hydrogens (tertiary/aromatic N) is 3. The predicted molar refractivity (Wildman–Crippen MR) is 109 cm³/mol. The molecule has 0 bridgehead atoms. The van der Waals surface area contributed by atoms with Crippen LogP contribution in [-0.2, 0) is 6.54 Å². The number of nitrogens with one attached hydrogen (secondary N) is 1. The molecular weight excluding hydrogens is 356 g/mol. The van der Waals surface area contributed by atoms with E-state index in [0.29, 0.717) is 23.7 Å². The van der Waals surface area contributed by atoms with Gasteiger partial charge in [-0.05, 0) is 49.2 Å². The molecule has 0 aliphatic carbocycles. The molecule has 1 N–H and O–H groups in total. The van der Waals surface area contributed by atoms with Gasteiger partial charge in [-0.25, -0.2) is 10.1 Å². The fraction of sp³-hybridized carbons (Fsp3) is 0.238. The van der Waals surface area contributed by atoms with Crippen molar-refractivity contribution in [2.24, 2.45) is 5.10 Å². The third kappa shape index (κ3) is 3.78. The second-order valence-corrected chi connectivity index (χ2v) is 6.10. The summed E-state index contributed by atoms with van der Waals surface area (Å²) in [4.78, 5) is 25.2. The standard InChI is InChI=1S/C21H22N4O3/c1-4-18(14-10-12-15(28-3)13-11-14)22-23-20(26)19-16-8-6-7-9-17(16)21(27)25(5-2)24-19/h6-13H,4-5H2,1-3H3,(H,23,26)/b22-18-. The number of hydrazone groups is 1. The van der Waals surface area contributed by atoms with Gasteiger partial charge in [0.05, 0.1) is 18.2 Å². The summed E-state index contributed by atoms with van der Waals surface area (Å²) in [7, 11) is 1.61. The lowest BCUT2D eigenvalue weighted by Crippen LogP contribution is -2.29. The van der Waals surface area contributed by atoms with Crippen molar-refractivity contribution in [3.05, 3.63) is 70.1 Å². The van der Waals surface area contributed by atoms with E-state index in [1.807, 2.05) is 38.1 Å². The molecule has 7 heteroatoms. The van der Waals surface area contributed by atoms with Crippen molar-refractivity contribution >= 4 is 22.4 Å². The molecule has 2 aromatic carbocycles. The molecule has 7 nitrogen and oxygen atoms in total. The third-order valence-electron chi connectivity index (χ3n) is 4.43. The Morgan fingerprint density at radius 1 is 1.11 bits per heavy atom. The number of carbonyl (C=O) groups excluding carboxylic acids is 1. The van der Waals surface area contributed by atoms with Crippen molar-refractivity contribution in [2.75, 3.05) is 7.11 Å². The number of ether oxygens (including phenoxy) is 1. The smallest absolute Gasteiger partial charge is 0.292 e. The summed E-state index contributed by atoms with van der Waals surface area (Å²) < 4.78 is 6.45. The van der Waals surface area contributed by atoms with Gasteiger partial charge in [-0.1, -0.05) is 25.1 Å². The topological polar surface area (TPSA) is 85.6 Å². The normalized spacial score (nSPS) is 11.5. The van der Waals surface area contributed by atoms with E-state index in [9.17, 15) is 9.59 Å². The van der Waals surface area contributed by atoms with E-state index in [-0.39, 0.29) is 11.3 Å². The Morgan fingerprint density at radius 3 is 2.39 bits per heavy atom. The molecule has 28 heavy (non-hydrogen) atoms. The number of hydrogen-bond donors (Lipinski definition) is 1. The van der Waals surface area contributed by atoms with E-state index < -0.39 is 5.91 Å². The summed E-state index contributed by atoms with van der Waals surface area (Å²) in [5.74, 6) is 0.290. The largest absolute Gasteiger partial charge is 0.497 e. The second kappa shape index (κ2) is 8.47. The molecule has 0 aliphatic heterocycles. The summed E-state index contributed by atoms with van der Waals surface area (Å²) in [5.41, 5.74) is 4.15. The zero-order valence-electron chi connectivity index (χ0n) is 16.1. The molecule has 0 spiro atoms. The average Bonchev–Trinajstić information content (AvgIpc) is 2.75. The highest BCUT2D eigenvalue weighted by Crippen LogP contribution is 2.15. The van der Waals surface area contributed by atoms with Crippen molar-refractivity contribution in [3.8, 4) is 5.75 Å². The van der Waals surface area contributed by atoms with Gasteiger partial charge in [0.15, 0.2) is 5.69 Å². The van der Waals surface area contributed by atoms with Crippen LogP contribution in [0.1, 0.15) is 36.3 Å². The summed E-state index contributed by atoms with van der Waals surface area (Å²) in [6, 6.07) is 14.4. The van der Waals surface area contributed by atoms with Gasteiger partial charge in [0, 0.05) is 11.9 Å². The van der Waals surface area contributed by atoms with Gasteiger partial charge in [-0.15, -0.1) is 0 Å². The van der Waals surface area contributed by atoms with Crippen LogP contribution in [0.15, 0.2) is 58.4 Å². The Balaban J connectivity index is 1.94. The van der Waals surface area contributed by atoms with E-state index in [1.54, 1.807) is 31.4 Å². The molecular formula is C21H22N4O3. The molecule has 0 aliphatic rings. The molecule has 3 aromatic rings. The molecule has 1 aromatic heterocycles. The van der Waals surface area contributed by atoms with Crippen LogP contribution in [0.5, 0.6) is 5.75 Å². The third-order valence-corrected chi connectivity index (χ3v) is 4.43. The summed E-state index contributed by atoms with van der Waals surface area (Å²) >= 11 is 0. The predicted octanol–water partition coefficient (Wildman–Crippen LogP) is 2.97. The van der Waals surface area contributed by atoms with Crippen molar-refractivity contribution in [1.29, 1.82) is 0 Å². The molecule has 0 atom stereocenters. The monoisotopic (exact) mass is 378 g/mol. The van der Waals surface area contributed by atoms with Gasteiger partial charge in [0.2, 0.25) is 0 Å². The van der Waals surface area contributed by atoms with Crippen LogP contribution in [0, 0.1) is 0 Å². The SMILES string of the molecule is CC/C(=N/NC(=O)c1nn(CC)c(=O)c2ccccc12)c1ccc(OC)cc1. The molecule has 3 rings (SSSR count). The lowest BCUT2D eigenvalue weighted by molar-refractivity contribution is 0.0949. The lowest BCUT2D eigenvalue weighted by Gasteiger charge is -2.09. The number of methoxy groups -OCH3 is 1. The van der Waals surface area contributed by atoms with Crippen molar-refractivity contribution in [2.45, 2.75) is 26.8 Å². The van der Waals surface area contributed by atoms with Gasteiger partial charge in [0.1, 0.15) is 5.75 Å². The Hall–Kier alpha value is -3.48. The lowest BCUT2D eigenvalue weighted by atomic mass is 10.1. The minimum absolute atomic E-state index is 0.172. The van der Waals surface area contributed by atoms with Crippen LogP contribution in [0.4, 0.5) is 0 Å². The quantitative estimate of drug-likeness (QED) is 0.528. The Morgan fingerprint density at radius 2 is 1.79 bits per heavy atom. The van der Waals surface area contributed by atoms with Crippen molar-refractivity contribution < 1.29 is 9.53 Å². The highest BCUT2D eigenvalue weighted by atomic mass is 16.5. The minimum atomic E-state index is -0.460. The van der Waals surface area contributed by atoms with E-state index in [4.69, 9.17) is 4.74 Å². The zero-order valence-corrected chi connectivity index (χ0v) is 16.1. The number of aryl methyl sites for hydroxylation is 1. The molecule has 0 radical (unpaired) electrons. The zero-order chi connectivity index (χ0) is 20.1. The van der Waals surface area contributed by atoms with E-state index in [1.165, 1.54) is 4.68 Å². The van der Waals surface area contributed by atoms with Gasteiger partial charge in [0.25, 0.3) is 11.5 Å². The second-order valence-electron chi connectivity index (χ2n) is 6.10. The number of rotatable bonds is 6. The van der Waals surface area contributed by atoms with Crippen LogP contribution >= 0.6 is 0 Å². The number of benzene rings is 2. The molecule has 1 heterocycles. The van der Waals surface area contributed by atoms with Gasteiger partial charge < -0.3 is 4.74 Å². The first kappa shape index (κ1) is 19.3. The minimum Gasteiger partial charge on any atom is -0.497 e. The van der Waals surface area contributed by atoms with E-state index in [0.717, 1.165) is 17.0 Å². The first-order valence-electron chi connectivity index (χ1n) is 9.10. The first-order valence-corrected chi connectivity index (χ1v) is 9.10. The van der Waals surface area contributed by atoms with Gasteiger partial charge in [-0.3, -0.25) is 9.59 Å². The van der Waals surface area contributed by atoms with Crippen LogP contribution in [0.2, 0.25) is 0 Å². The average molecular weight is 378 g/mol. The molecule has 0 saturated heterocycles. The number of amides is 1. The molecule has 1 amide bonds. The van der Waals surface area contributed by atoms with Crippen LogP contribution in [-0.4, -0.2) is 28.5 Å². The molecule has 144 valence electrons. The Kier molecular flexibility index (Phi) is 5.84. The van der Waals surface area contributed by atoms with Crippen molar-refractivity contribution in [1.82, 2.24) is 15.2 Å². The fourth-order valence-electron chi connectivity index (χ4n) is 2.92. The van der Waals surface area contributed by atoms with E-state index >= 15 is 0 Å². The highest BCUT2D eigenvalue weighted by Gasteiger charge is 2.16. The summed E-state index contributed by atoms with van der Waals surface area (Å²) in [6.45, 7) is 4.14. The maximum Gasteiger partial charge on any atom is 0.292 e. The Labute approximate surface area is 162 Å². The van der Waals surface area contributed by atoms with Crippen LogP contribution in [0.3, 0.4) is 0 Å². The fourth-order valence-corrected chi connectivity index (χ4v) is 2.92. The van der Waals surface area contributed by atoms with E-state index in [2.05, 4.69) is 15.6 Å². The maximum absolute atomic E-state index is 12.8. The van der Waals surface area contributed by atoms with Crippen LogP contribution in [0.25, 0.3) is 10.8 Å².